The monoisotopic (exact) mass is 465 g/mol. The third-order valence-electron chi connectivity index (χ3n) is 5.49. The van der Waals surface area contributed by atoms with Gasteiger partial charge in [0.1, 0.15) is 12.8 Å². The fourth-order valence-corrected chi connectivity index (χ4v) is 3.39. The van der Waals surface area contributed by atoms with Crippen molar-refractivity contribution in [2.75, 3.05) is 19.8 Å². The molecule has 0 spiro atoms. The van der Waals surface area contributed by atoms with Crippen LogP contribution in [0.3, 0.4) is 0 Å². The number of halogens is 1. The molecule has 3 atom stereocenters. The number of alkyl halides is 1. The number of aromatic hydroxyl groups is 1. The largest absolute Gasteiger partial charge is 0.502 e. The molecule has 0 aliphatic heterocycles. The van der Waals surface area contributed by atoms with Crippen LogP contribution in [-0.4, -0.2) is 51.2 Å². The lowest BCUT2D eigenvalue weighted by molar-refractivity contribution is 0.0956. The molecule has 1 aromatic heterocycles. The van der Waals surface area contributed by atoms with E-state index in [9.17, 15) is 19.4 Å². The first-order chi connectivity index (χ1) is 16.4. The van der Waals surface area contributed by atoms with Gasteiger partial charge in [-0.2, -0.15) is 0 Å². The van der Waals surface area contributed by atoms with E-state index in [2.05, 4.69) is 27.1 Å². The lowest BCUT2D eigenvalue weighted by atomic mass is 9.92. The molecule has 2 aromatic carbocycles. The second kappa shape index (κ2) is 12.1. The first kappa shape index (κ1) is 25.1. The van der Waals surface area contributed by atoms with Gasteiger partial charge in [-0.3, -0.25) is 4.79 Å². The van der Waals surface area contributed by atoms with Crippen molar-refractivity contribution in [3.8, 4) is 17.6 Å². The summed E-state index contributed by atoms with van der Waals surface area (Å²) < 4.78 is 12.9. The van der Waals surface area contributed by atoms with Gasteiger partial charge in [-0.1, -0.05) is 36.1 Å². The smallest absolute Gasteiger partial charge is 0.293 e. The van der Waals surface area contributed by atoms with Crippen molar-refractivity contribution in [3.05, 3.63) is 93.2 Å². The number of benzene rings is 2. The van der Waals surface area contributed by atoms with E-state index >= 15 is 0 Å². The standard InChI is InChI=1S/C26H28FN3O4/c1-17(13-27)28-14-22(12-23-25(33)26(34)30-16-29-23)20-8-4-18(5-9-20)2-3-19-6-10-21(11-7-19)24(32)15-31/h4-11,16-17,22,24,28,31-33H,12-15H2,1H3,(H,29,30,34). The summed E-state index contributed by atoms with van der Waals surface area (Å²) in [6, 6.07) is 14.3. The van der Waals surface area contributed by atoms with Crippen molar-refractivity contribution in [3.63, 3.8) is 0 Å². The average molecular weight is 466 g/mol. The maximum atomic E-state index is 12.9. The zero-order valence-electron chi connectivity index (χ0n) is 18.8. The van der Waals surface area contributed by atoms with Crippen LogP contribution in [0, 0.1) is 11.8 Å². The van der Waals surface area contributed by atoms with Gasteiger partial charge in [0.2, 0.25) is 5.75 Å². The number of H-pyrrole nitrogens is 1. The van der Waals surface area contributed by atoms with Crippen LogP contribution in [0.5, 0.6) is 5.75 Å². The van der Waals surface area contributed by atoms with E-state index < -0.39 is 24.1 Å². The first-order valence-electron chi connectivity index (χ1n) is 11.0. The van der Waals surface area contributed by atoms with E-state index in [1.165, 1.54) is 6.33 Å². The summed E-state index contributed by atoms with van der Waals surface area (Å²) in [5.41, 5.74) is 2.81. The minimum Gasteiger partial charge on any atom is -0.502 e. The van der Waals surface area contributed by atoms with Crippen molar-refractivity contribution in [2.45, 2.75) is 31.4 Å². The summed E-state index contributed by atoms with van der Waals surface area (Å²) in [4.78, 5) is 18.2. The summed E-state index contributed by atoms with van der Waals surface area (Å²) >= 11 is 0. The highest BCUT2D eigenvalue weighted by atomic mass is 19.1. The van der Waals surface area contributed by atoms with Crippen LogP contribution in [0.4, 0.5) is 4.39 Å². The third kappa shape index (κ3) is 6.75. The first-order valence-corrected chi connectivity index (χ1v) is 11.0. The fraction of sp³-hybridized carbons (Fsp3) is 0.308. The molecule has 178 valence electrons. The third-order valence-corrected chi connectivity index (χ3v) is 5.49. The highest BCUT2D eigenvalue weighted by Gasteiger charge is 2.18. The average Bonchev–Trinajstić information content (AvgIpc) is 2.87. The van der Waals surface area contributed by atoms with Crippen LogP contribution >= 0.6 is 0 Å². The van der Waals surface area contributed by atoms with Crippen LogP contribution in [-0.2, 0) is 6.42 Å². The molecule has 0 bridgehead atoms. The van der Waals surface area contributed by atoms with Gasteiger partial charge < -0.3 is 25.6 Å². The van der Waals surface area contributed by atoms with E-state index in [1.807, 2.05) is 24.3 Å². The Morgan fingerprint density at radius 2 is 1.65 bits per heavy atom. The van der Waals surface area contributed by atoms with Crippen molar-refractivity contribution < 1.29 is 19.7 Å². The fourth-order valence-electron chi connectivity index (χ4n) is 3.39. The summed E-state index contributed by atoms with van der Waals surface area (Å²) in [6.45, 7) is 1.35. The second-order valence-corrected chi connectivity index (χ2v) is 8.08. The minimum atomic E-state index is -0.906. The lowest BCUT2D eigenvalue weighted by Crippen LogP contribution is -2.32. The molecule has 3 aromatic rings. The Balaban J connectivity index is 1.77. The molecule has 0 saturated carbocycles. The Labute approximate surface area is 197 Å². The van der Waals surface area contributed by atoms with Crippen LogP contribution in [0.1, 0.15) is 46.9 Å². The topological polar surface area (TPSA) is 118 Å². The van der Waals surface area contributed by atoms with Gasteiger partial charge in [0.15, 0.2) is 0 Å². The molecule has 0 aliphatic carbocycles. The van der Waals surface area contributed by atoms with Crippen molar-refractivity contribution in [1.29, 1.82) is 0 Å². The summed E-state index contributed by atoms with van der Waals surface area (Å²) in [7, 11) is 0. The van der Waals surface area contributed by atoms with E-state index in [0.29, 0.717) is 18.5 Å². The zero-order valence-corrected chi connectivity index (χ0v) is 18.8. The van der Waals surface area contributed by atoms with E-state index in [0.717, 1.165) is 16.7 Å². The second-order valence-electron chi connectivity index (χ2n) is 8.08. The zero-order chi connectivity index (χ0) is 24.5. The van der Waals surface area contributed by atoms with Gasteiger partial charge in [-0.15, -0.1) is 0 Å². The van der Waals surface area contributed by atoms with Crippen LogP contribution in [0.15, 0.2) is 59.7 Å². The molecule has 7 nitrogen and oxygen atoms in total. The molecule has 0 fully saturated rings. The number of aliphatic hydroxyl groups is 2. The Bertz CT molecular complexity index is 1180. The number of aromatic nitrogens is 2. The lowest BCUT2D eigenvalue weighted by Gasteiger charge is -2.20. The molecule has 3 unspecified atom stereocenters. The minimum absolute atomic E-state index is 0.151. The van der Waals surface area contributed by atoms with Gasteiger partial charge in [0.05, 0.1) is 18.6 Å². The highest BCUT2D eigenvalue weighted by Crippen LogP contribution is 2.23. The van der Waals surface area contributed by atoms with Crippen LogP contribution in [0.25, 0.3) is 0 Å². The Kier molecular flexibility index (Phi) is 8.93. The number of rotatable bonds is 9. The molecule has 0 amide bonds. The molecule has 1 heterocycles. The van der Waals surface area contributed by atoms with Crippen LogP contribution in [0.2, 0.25) is 0 Å². The number of aromatic amines is 1. The normalized spacial score (nSPS) is 13.5. The number of hydrogen-bond acceptors (Lipinski definition) is 6. The predicted molar refractivity (Wildman–Crippen MR) is 127 cm³/mol. The number of nitrogens with zero attached hydrogens (tertiary/aromatic N) is 1. The highest BCUT2D eigenvalue weighted by molar-refractivity contribution is 5.44. The molecule has 8 heteroatoms. The Morgan fingerprint density at radius 3 is 2.21 bits per heavy atom. The van der Waals surface area contributed by atoms with Gasteiger partial charge in [0.25, 0.3) is 5.56 Å². The molecule has 0 aliphatic rings. The van der Waals surface area contributed by atoms with Gasteiger partial charge in [-0.05, 0) is 42.3 Å². The number of aliphatic hydroxyl groups excluding tert-OH is 2. The predicted octanol–water partition coefficient (Wildman–Crippen LogP) is 2.17. The van der Waals surface area contributed by atoms with Crippen molar-refractivity contribution >= 4 is 0 Å². The maximum absolute atomic E-state index is 12.9. The number of hydrogen-bond donors (Lipinski definition) is 5. The maximum Gasteiger partial charge on any atom is 0.293 e. The molecule has 3 rings (SSSR count). The molecular weight excluding hydrogens is 437 g/mol. The quantitative estimate of drug-likeness (QED) is 0.309. The van der Waals surface area contributed by atoms with Crippen molar-refractivity contribution in [2.24, 2.45) is 0 Å². The SMILES string of the molecule is CC(CF)NCC(Cc1nc[nH]c(=O)c1O)c1ccc(C#Cc2ccc(C(O)CO)cc2)cc1. The summed E-state index contributed by atoms with van der Waals surface area (Å²) in [5.74, 6) is 5.59. The number of nitrogens with one attached hydrogen (secondary N) is 2. The molecular formula is C26H28FN3O4. The van der Waals surface area contributed by atoms with Crippen LogP contribution < -0.4 is 10.9 Å². The summed E-state index contributed by atoms with van der Waals surface area (Å²) in [5, 5.41) is 31.9. The Hall–Kier alpha value is -3.51. The molecule has 0 saturated heterocycles. The van der Waals surface area contributed by atoms with E-state index in [1.54, 1.807) is 31.2 Å². The molecule has 34 heavy (non-hydrogen) atoms. The Morgan fingerprint density at radius 1 is 1.06 bits per heavy atom. The summed E-state index contributed by atoms with van der Waals surface area (Å²) in [6.07, 6.45) is 0.650. The van der Waals surface area contributed by atoms with Crippen molar-refractivity contribution in [1.82, 2.24) is 15.3 Å². The molecule has 0 radical (unpaired) electrons. The van der Waals surface area contributed by atoms with Gasteiger partial charge >= 0.3 is 0 Å². The van der Waals surface area contributed by atoms with Gasteiger partial charge in [-0.25, -0.2) is 9.37 Å². The van der Waals surface area contributed by atoms with E-state index in [4.69, 9.17) is 5.11 Å². The van der Waals surface area contributed by atoms with E-state index in [-0.39, 0.29) is 24.3 Å². The molecule has 5 N–H and O–H groups in total. The van der Waals surface area contributed by atoms with Gasteiger partial charge in [0, 0.05) is 36.1 Å².